The number of benzene rings is 1. The largest absolute Gasteiger partial charge is 0.218 e. The molecule has 2 aliphatic heterocycles. The SMILES string of the molecule is O=S(=O)(Cc1cc(F)cc(F)c1)N1CC2CC1CS2. The Morgan fingerprint density at radius 1 is 1.26 bits per heavy atom. The Bertz CT molecular complexity index is 585. The van der Waals surface area contributed by atoms with Crippen LogP contribution in [0, 0.1) is 11.6 Å². The van der Waals surface area contributed by atoms with Crippen LogP contribution in [0.4, 0.5) is 8.78 Å². The maximum absolute atomic E-state index is 13.1. The number of fused-ring (bicyclic) bond motifs is 2. The van der Waals surface area contributed by atoms with Gasteiger partial charge in [0.1, 0.15) is 11.6 Å². The van der Waals surface area contributed by atoms with E-state index >= 15 is 0 Å². The van der Waals surface area contributed by atoms with E-state index in [-0.39, 0.29) is 17.4 Å². The van der Waals surface area contributed by atoms with Crippen molar-refractivity contribution in [3.8, 4) is 0 Å². The zero-order valence-electron chi connectivity index (χ0n) is 10.1. The van der Waals surface area contributed by atoms with Crippen LogP contribution in [0.5, 0.6) is 0 Å². The Balaban J connectivity index is 1.82. The van der Waals surface area contributed by atoms with Crippen molar-refractivity contribution in [1.29, 1.82) is 0 Å². The van der Waals surface area contributed by atoms with Crippen molar-refractivity contribution in [2.45, 2.75) is 23.5 Å². The fourth-order valence-corrected chi connectivity index (χ4v) is 6.09. The maximum atomic E-state index is 13.1. The second-order valence-corrected chi connectivity index (χ2v) is 8.20. The van der Waals surface area contributed by atoms with E-state index in [1.54, 1.807) is 11.8 Å². The molecule has 0 spiro atoms. The summed E-state index contributed by atoms with van der Waals surface area (Å²) in [5.74, 6) is -1.01. The fraction of sp³-hybridized carbons (Fsp3) is 0.500. The van der Waals surface area contributed by atoms with Crippen molar-refractivity contribution >= 4 is 21.8 Å². The van der Waals surface area contributed by atoms with E-state index in [1.165, 1.54) is 4.31 Å². The van der Waals surface area contributed by atoms with Crippen LogP contribution in [0.25, 0.3) is 0 Å². The van der Waals surface area contributed by atoms with Gasteiger partial charge in [0, 0.05) is 29.7 Å². The lowest BCUT2D eigenvalue weighted by Crippen LogP contribution is -2.39. The van der Waals surface area contributed by atoms with Gasteiger partial charge in [0.15, 0.2) is 0 Å². The first-order valence-electron chi connectivity index (χ1n) is 6.00. The van der Waals surface area contributed by atoms with Crippen LogP contribution in [-0.4, -0.2) is 36.3 Å². The molecule has 2 aliphatic rings. The minimum absolute atomic E-state index is 0.0541. The molecule has 3 nitrogen and oxygen atoms in total. The van der Waals surface area contributed by atoms with Crippen molar-refractivity contribution in [3.63, 3.8) is 0 Å². The molecule has 2 heterocycles. The van der Waals surface area contributed by atoms with E-state index < -0.39 is 21.7 Å². The summed E-state index contributed by atoms with van der Waals surface area (Å²) in [5, 5.41) is 0.379. The van der Waals surface area contributed by atoms with Crippen molar-refractivity contribution in [2.75, 3.05) is 12.3 Å². The third-order valence-electron chi connectivity index (χ3n) is 3.48. The Morgan fingerprint density at radius 2 is 1.95 bits per heavy atom. The third kappa shape index (κ3) is 2.64. The van der Waals surface area contributed by atoms with E-state index in [0.29, 0.717) is 11.8 Å². The molecule has 3 rings (SSSR count). The lowest BCUT2D eigenvalue weighted by atomic mass is 10.2. The van der Waals surface area contributed by atoms with Gasteiger partial charge < -0.3 is 0 Å². The van der Waals surface area contributed by atoms with Gasteiger partial charge in [-0.1, -0.05) is 0 Å². The van der Waals surface area contributed by atoms with Crippen LogP contribution < -0.4 is 0 Å². The van der Waals surface area contributed by atoms with Crippen molar-refractivity contribution in [2.24, 2.45) is 0 Å². The highest BCUT2D eigenvalue weighted by atomic mass is 32.2. The summed E-state index contributed by atoms with van der Waals surface area (Å²) in [7, 11) is -3.49. The second-order valence-electron chi connectivity index (χ2n) is 4.95. The predicted molar refractivity (Wildman–Crippen MR) is 70.3 cm³/mol. The monoisotopic (exact) mass is 305 g/mol. The summed E-state index contributed by atoms with van der Waals surface area (Å²) in [4.78, 5) is 0. The lowest BCUT2D eigenvalue weighted by molar-refractivity contribution is 0.409. The predicted octanol–water partition coefficient (Wildman–Crippen LogP) is 1.98. The summed E-state index contributed by atoms with van der Waals surface area (Å²) in [6.45, 7) is 0.523. The molecule has 0 N–H and O–H groups in total. The van der Waals surface area contributed by atoms with Gasteiger partial charge >= 0.3 is 0 Å². The van der Waals surface area contributed by atoms with E-state index in [4.69, 9.17) is 0 Å². The van der Waals surface area contributed by atoms with Gasteiger partial charge in [-0.2, -0.15) is 16.1 Å². The van der Waals surface area contributed by atoms with Crippen LogP contribution in [-0.2, 0) is 15.8 Å². The zero-order valence-corrected chi connectivity index (χ0v) is 11.7. The Kier molecular flexibility index (Phi) is 3.31. The average molecular weight is 305 g/mol. The average Bonchev–Trinajstić information content (AvgIpc) is 2.88. The summed E-state index contributed by atoms with van der Waals surface area (Å²) in [6.07, 6.45) is 0.890. The number of rotatable bonds is 3. The van der Waals surface area contributed by atoms with Gasteiger partial charge in [-0.25, -0.2) is 17.2 Å². The highest BCUT2D eigenvalue weighted by Gasteiger charge is 2.44. The molecule has 104 valence electrons. The number of hydrogen-bond acceptors (Lipinski definition) is 3. The van der Waals surface area contributed by atoms with Gasteiger partial charge in [0.25, 0.3) is 0 Å². The number of thioether (sulfide) groups is 1. The molecule has 1 aromatic carbocycles. The number of halogens is 2. The standard InChI is InChI=1S/C12H13F2NO2S2/c13-9-1-8(2-10(14)3-9)7-19(16,17)15-5-12-4-11(15)6-18-12/h1-3,11-12H,4-7H2. The quantitative estimate of drug-likeness (QED) is 0.857. The minimum atomic E-state index is -3.49. The second kappa shape index (κ2) is 4.71. The summed E-state index contributed by atoms with van der Waals surface area (Å²) < 4.78 is 52.2. The number of nitrogens with zero attached hydrogens (tertiary/aromatic N) is 1. The van der Waals surface area contributed by atoms with E-state index in [0.717, 1.165) is 30.4 Å². The number of hydrogen-bond donors (Lipinski definition) is 0. The number of sulfonamides is 1. The van der Waals surface area contributed by atoms with Crippen LogP contribution >= 0.6 is 11.8 Å². The van der Waals surface area contributed by atoms with E-state index in [1.807, 2.05) is 0 Å². The van der Waals surface area contributed by atoms with E-state index in [2.05, 4.69) is 0 Å². The first-order valence-corrected chi connectivity index (χ1v) is 8.66. The zero-order chi connectivity index (χ0) is 13.6. The fourth-order valence-electron chi connectivity index (χ4n) is 2.69. The first-order chi connectivity index (χ1) is 8.94. The molecule has 2 fully saturated rings. The minimum Gasteiger partial charge on any atom is -0.212 e. The molecular formula is C12H13F2NO2S2. The molecule has 1 aromatic rings. The Hall–Kier alpha value is -0.660. The smallest absolute Gasteiger partial charge is 0.212 e. The third-order valence-corrected chi connectivity index (χ3v) is 6.73. The van der Waals surface area contributed by atoms with Crippen LogP contribution in [0.2, 0.25) is 0 Å². The van der Waals surface area contributed by atoms with Crippen LogP contribution in [0.1, 0.15) is 12.0 Å². The van der Waals surface area contributed by atoms with Crippen molar-refractivity contribution in [1.82, 2.24) is 4.31 Å². The Labute approximate surface area is 115 Å². The lowest BCUT2D eigenvalue weighted by Gasteiger charge is -2.25. The molecule has 0 aromatic heterocycles. The van der Waals surface area contributed by atoms with Gasteiger partial charge in [-0.15, -0.1) is 0 Å². The molecule has 2 unspecified atom stereocenters. The van der Waals surface area contributed by atoms with Crippen LogP contribution in [0.15, 0.2) is 18.2 Å². The van der Waals surface area contributed by atoms with Crippen LogP contribution in [0.3, 0.4) is 0 Å². The Morgan fingerprint density at radius 3 is 2.47 bits per heavy atom. The molecule has 0 amide bonds. The van der Waals surface area contributed by atoms with Gasteiger partial charge in [0.2, 0.25) is 10.0 Å². The molecular weight excluding hydrogens is 292 g/mol. The first kappa shape index (κ1) is 13.3. The van der Waals surface area contributed by atoms with Crippen molar-refractivity contribution < 1.29 is 17.2 Å². The van der Waals surface area contributed by atoms with Crippen molar-refractivity contribution in [3.05, 3.63) is 35.4 Å². The summed E-state index contributed by atoms with van der Waals surface area (Å²) in [5.41, 5.74) is 0.160. The normalized spacial score (nSPS) is 27.1. The molecule has 2 atom stereocenters. The summed E-state index contributed by atoms with van der Waals surface area (Å²) in [6, 6.07) is 2.94. The van der Waals surface area contributed by atoms with Gasteiger partial charge in [-0.05, 0) is 24.1 Å². The molecule has 19 heavy (non-hydrogen) atoms. The molecule has 2 bridgehead atoms. The molecule has 0 radical (unpaired) electrons. The van der Waals surface area contributed by atoms with Gasteiger partial charge in [-0.3, -0.25) is 0 Å². The highest BCUT2D eigenvalue weighted by Crippen LogP contribution is 2.39. The maximum Gasteiger partial charge on any atom is 0.218 e. The van der Waals surface area contributed by atoms with Gasteiger partial charge in [0.05, 0.1) is 5.75 Å². The molecule has 2 saturated heterocycles. The summed E-state index contributed by atoms with van der Waals surface area (Å²) >= 11 is 1.80. The molecule has 0 aliphatic carbocycles. The topological polar surface area (TPSA) is 37.4 Å². The van der Waals surface area contributed by atoms with E-state index in [9.17, 15) is 17.2 Å². The highest BCUT2D eigenvalue weighted by molar-refractivity contribution is 8.00. The molecule has 7 heteroatoms. The molecule has 0 saturated carbocycles.